The Morgan fingerprint density at radius 2 is 1.97 bits per heavy atom. The molecule has 2 aromatic heterocycles. The number of fused-ring (bicyclic) bond motifs is 2. The molecule has 4 rings (SSSR count). The predicted molar refractivity (Wildman–Crippen MR) is 126 cm³/mol. The van der Waals surface area contributed by atoms with Crippen molar-refractivity contribution in [3.63, 3.8) is 0 Å². The number of aryl methyl sites for hydroxylation is 2. The van der Waals surface area contributed by atoms with Crippen molar-refractivity contribution in [3.05, 3.63) is 49.7 Å². The molecule has 0 atom stereocenters. The number of benzene rings is 1. The van der Waals surface area contributed by atoms with Gasteiger partial charge in [-0.15, -0.1) is 22.7 Å². The van der Waals surface area contributed by atoms with E-state index in [0.717, 1.165) is 59.7 Å². The third-order valence-electron chi connectivity index (χ3n) is 5.28. The van der Waals surface area contributed by atoms with Gasteiger partial charge in [-0.05, 0) is 56.2 Å². The van der Waals surface area contributed by atoms with Gasteiger partial charge in [-0.3, -0.25) is 4.79 Å². The van der Waals surface area contributed by atoms with Gasteiger partial charge in [0.15, 0.2) is 0 Å². The zero-order valence-corrected chi connectivity index (χ0v) is 19.5. The normalized spacial score (nSPS) is 13.7. The average Bonchev–Trinajstić information content (AvgIpc) is 3.13. The van der Waals surface area contributed by atoms with E-state index in [-0.39, 0.29) is 11.9 Å². The summed E-state index contributed by atoms with van der Waals surface area (Å²) in [6, 6.07) is 5.96. The van der Waals surface area contributed by atoms with Crippen molar-refractivity contribution >= 4 is 61.2 Å². The fraction of sp³-hybridized carbons (Fsp3) is 0.391. The van der Waals surface area contributed by atoms with Gasteiger partial charge < -0.3 is 10.1 Å². The van der Waals surface area contributed by atoms with Crippen LogP contribution in [0.2, 0.25) is 5.02 Å². The van der Waals surface area contributed by atoms with Gasteiger partial charge in [-0.2, -0.15) is 0 Å². The van der Waals surface area contributed by atoms with Gasteiger partial charge in [-0.25, -0.2) is 4.79 Å². The molecule has 0 fully saturated rings. The smallest absolute Gasteiger partial charge is 0.341 e. The summed E-state index contributed by atoms with van der Waals surface area (Å²) in [5, 5.41) is 4.90. The number of nitrogens with one attached hydrogen (secondary N) is 1. The van der Waals surface area contributed by atoms with Gasteiger partial charge in [0.05, 0.1) is 17.2 Å². The summed E-state index contributed by atoms with van der Waals surface area (Å²) < 4.78 is 6.43. The summed E-state index contributed by atoms with van der Waals surface area (Å²) in [4.78, 5) is 27.6. The van der Waals surface area contributed by atoms with Gasteiger partial charge >= 0.3 is 5.97 Å². The number of carbonyl (C=O) groups excluding carboxylic acids is 2. The number of anilines is 1. The van der Waals surface area contributed by atoms with Crippen molar-refractivity contribution in [2.24, 2.45) is 0 Å². The molecule has 0 spiro atoms. The van der Waals surface area contributed by atoms with Gasteiger partial charge in [0.1, 0.15) is 9.88 Å². The Morgan fingerprint density at radius 1 is 1.17 bits per heavy atom. The number of rotatable bonds is 5. The first kappa shape index (κ1) is 21.3. The highest BCUT2D eigenvalue weighted by Gasteiger charge is 2.28. The maximum absolute atomic E-state index is 13.1. The number of esters is 1. The van der Waals surface area contributed by atoms with Crippen molar-refractivity contribution in [1.29, 1.82) is 0 Å². The highest BCUT2D eigenvalue weighted by atomic mass is 35.5. The van der Waals surface area contributed by atoms with E-state index in [1.807, 2.05) is 32.0 Å². The molecule has 30 heavy (non-hydrogen) atoms. The molecule has 4 nitrogen and oxygen atoms in total. The van der Waals surface area contributed by atoms with Crippen molar-refractivity contribution in [1.82, 2.24) is 0 Å². The molecule has 1 N–H and O–H groups in total. The molecule has 2 heterocycles. The zero-order chi connectivity index (χ0) is 21.3. The van der Waals surface area contributed by atoms with Gasteiger partial charge in [0, 0.05) is 15.0 Å². The Morgan fingerprint density at radius 3 is 2.77 bits per heavy atom. The number of hydrogen-bond donors (Lipinski definition) is 1. The second-order valence-electron chi connectivity index (χ2n) is 7.60. The number of thiophene rings is 2. The van der Waals surface area contributed by atoms with E-state index in [1.165, 1.54) is 27.6 Å². The van der Waals surface area contributed by atoms with Gasteiger partial charge in [0.25, 0.3) is 5.91 Å². The molecule has 1 aromatic carbocycles. The zero-order valence-electron chi connectivity index (χ0n) is 17.1. The first-order chi connectivity index (χ1) is 14.5. The maximum Gasteiger partial charge on any atom is 0.341 e. The molecular weight excluding hydrogens is 438 g/mol. The van der Waals surface area contributed by atoms with Crippen molar-refractivity contribution in [2.75, 3.05) is 11.9 Å². The van der Waals surface area contributed by atoms with E-state index in [2.05, 4.69) is 5.32 Å². The Labute approximate surface area is 189 Å². The topological polar surface area (TPSA) is 55.4 Å². The van der Waals surface area contributed by atoms with Gasteiger partial charge in [0.2, 0.25) is 0 Å². The van der Waals surface area contributed by atoms with Crippen molar-refractivity contribution in [2.45, 2.75) is 52.4 Å². The first-order valence-electron chi connectivity index (χ1n) is 10.3. The van der Waals surface area contributed by atoms with Crippen LogP contribution in [0, 0.1) is 6.92 Å². The number of ether oxygens (including phenoxy) is 1. The maximum atomic E-state index is 13.1. The third kappa shape index (κ3) is 4.13. The third-order valence-corrected chi connectivity index (χ3v) is 8.14. The molecule has 0 saturated heterocycles. The minimum Gasteiger partial charge on any atom is -0.462 e. The summed E-state index contributed by atoms with van der Waals surface area (Å²) in [5.41, 5.74) is 2.70. The second-order valence-corrected chi connectivity index (χ2v) is 10.1. The Balaban J connectivity index is 1.69. The van der Waals surface area contributed by atoms with Gasteiger partial charge in [-0.1, -0.05) is 37.1 Å². The van der Waals surface area contributed by atoms with Crippen LogP contribution in [-0.4, -0.2) is 18.5 Å². The van der Waals surface area contributed by atoms with Crippen LogP contribution in [0.15, 0.2) is 18.2 Å². The van der Waals surface area contributed by atoms with Crippen LogP contribution < -0.4 is 5.32 Å². The fourth-order valence-corrected chi connectivity index (χ4v) is 6.57. The predicted octanol–water partition coefficient (Wildman–Crippen LogP) is 7.01. The largest absolute Gasteiger partial charge is 0.462 e. The van der Waals surface area contributed by atoms with E-state index in [9.17, 15) is 9.59 Å². The number of amides is 1. The van der Waals surface area contributed by atoms with E-state index in [4.69, 9.17) is 16.3 Å². The number of halogens is 1. The highest BCUT2D eigenvalue weighted by molar-refractivity contribution is 7.22. The quantitative estimate of drug-likeness (QED) is 0.328. The molecule has 1 aliphatic rings. The first-order valence-corrected chi connectivity index (χ1v) is 12.3. The van der Waals surface area contributed by atoms with Crippen molar-refractivity contribution < 1.29 is 14.3 Å². The van der Waals surface area contributed by atoms with Crippen LogP contribution in [-0.2, 0) is 17.6 Å². The van der Waals surface area contributed by atoms with Crippen LogP contribution in [0.3, 0.4) is 0 Å². The number of carbonyl (C=O) groups is 2. The van der Waals surface area contributed by atoms with Crippen LogP contribution in [0.4, 0.5) is 5.00 Å². The minimum absolute atomic E-state index is 0.278. The summed E-state index contributed by atoms with van der Waals surface area (Å²) >= 11 is 9.41. The van der Waals surface area contributed by atoms with E-state index in [0.29, 0.717) is 27.1 Å². The summed E-state index contributed by atoms with van der Waals surface area (Å²) in [7, 11) is 0. The monoisotopic (exact) mass is 461 g/mol. The molecule has 0 radical (unpaired) electrons. The van der Waals surface area contributed by atoms with Crippen molar-refractivity contribution in [3.8, 4) is 0 Å². The second kappa shape index (κ2) is 9.08. The fourth-order valence-electron chi connectivity index (χ4n) is 3.79. The molecule has 0 unspecified atom stereocenters. The van der Waals surface area contributed by atoms with E-state index < -0.39 is 0 Å². The van der Waals surface area contributed by atoms with E-state index in [1.54, 1.807) is 0 Å². The Bertz CT molecular complexity index is 1120. The summed E-state index contributed by atoms with van der Waals surface area (Å²) in [6.07, 6.45) is 5.85. The number of hydrogen-bond acceptors (Lipinski definition) is 5. The standard InChI is InChI=1S/C23H24ClNO3S2/c1-3-11-28-23(27)18-14-7-5-4-6-8-16(14)30-22(18)25-21(26)20-19(24)15-10-9-13(2)12-17(15)29-20/h9-10,12H,3-8,11H2,1-2H3,(H,25,26). The van der Waals surface area contributed by atoms with Crippen LogP contribution in [0.5, 0.6) is 0 Å². The summed E-state index contributed by atoms with van der Waals surface area (Å²) in [5.74, 6) is -0.621. The lowest BCUT2D eigenvalue weighted by Gasteiger charge is -2.09. The lowest BCUT2D eigenvalue weighted by atomic mass is 10.1. The molecule has 0 bridgehead atoms. The molecule has 7 heteroatoms. The lowest BCUT2D eigenvalue weighted by molar-refractivity contribution is 0.0505. The molecule has 0 saturated carbocycles. The van der Waals surface area contributed by atoms with E-state index >= 15 is 0 Å². The Kier molecular flexibility index (Phi) is 6.46. The lowest BCUT2D eigenvalue weighted by Crippen LogP contribution is -2.15. The molecule has 0 aliphatic heterocycles. The minimum atomic E-state index is -0.343. The molecule has 3 aromatic rings. The van der Waals surface area contributed by atoms with Crippen LogP contribution >= 0.6 is 34.3 Å². The highest BCUT2D eigenvalue weighted by Crippen LogP contribution is 2.40. The van der Waals surface area contributed by atoms with Crippen LogP contribution in [0.1, 0.15) is 68.6 Å². The average molecular weight is 462 g/mol. The summed E-state index contributed by atoms with van der Waals surface area (Å²) in [6.45, 7) is 4.35. The molecule has 1 amide bonds. The van der Waals surface area contributed by atoms with Crippen LogP contribution in [0.25, 0.3) is 10.1 Å². The SMILES string of the molecule is CCCOC(=O)c1c(NC(=O)c2sc3cc(C)ccc3c2Cl)sc2c1CCCCC2. The molecule has 158 valence electrons. The molecular formula is C23H24ClNO3S2. The molecule has 1 aliphatic carbocycles. The Hall–Kier alpha value is -1.89.